The third-order valence-corrected chi connectivity index (χ3v) is 9.73. The fourth-order valence-corrected chi connectivity index (χ4v) is 7.15. The summed E-state index contributed by atoms with van der Waals surface area (Å²) in [7, 11) is 0. The maximum Gasteiger partial charge on any atom is 2.00 e. The van der Waals surface area contributed by atoms with Crippen molar-refractivity contribution in [3.8, 4) is 34.1 Å². The van der Waals surface area contributed by atoms with Crippen molar-refractivity contribution in [1.82, 2.24) is 19.3 Å². The van der Waals surface area contributed by atoms with Crippen molar-refractivity contribution in [2.24, 2.45) is 0 Å². The molecule has 0 aliphatic rings. The molecular weight excluding hydrogens is 707 g/mol. The van der Waals surface area contributed by atoms with E-state index in [1.807, 2.05) is 23.0 Å². The first-order chi connectivity index (χ1) is 23.7. The van der Waals surface area contributed by atoms with Crippen LogP contribution in [0.2, 0.25) is 0 Å². The van der Waals surface area contributed by atoms with Gasteiger partial charge in [0.05, 0.1) is 5.69 Å². The Labute approximate surface area is 310 Å². The zero-order valence-corrected chi connectivity index (χ0v) is 31.8. The van der Waals surface area contributed by atoms with Gasteiger partial charge in [-0.2, -0.15) is 11.2 Å². The van der Waals surface area contributed by atoms with Gasteiger partial charge in [-0.25, -0.2) is 4.98 Å². The van der Waals surface area contributed by atoms with E-state index in [1.54, 1.807) is 0 Å². The predicted molar refractivity (Wildman–Crippen MR) is 202 cm³/mol. The second-order valence-corrected chi connectivity index (χ2v) is 13.4. The van der Waals surface area contributed by atoms with Crippen LogP contribution in [-0.2, 0) is 39.7 Å². The summed E-state index contributed by atoms with van der Waals surface area (Å²) in [5.41, 5.74) is 14.0. The number of benzene rings is 4. The molecule has 0 saturated heterocycles. The monoisotopic (exact) mass is 750 g/mol. The van der Waals surface area contributed by atoms with Crippen LogP contribution in [0.25, 0.3) is 44.4 Å². The quantitative estimate of drug-likeness (QED) is 0.109. The third-order valence-electron chi connectivity index (χ3n) is 9.73. The van der Waals surface area contributed by atoms with Gasteiger partial charge in [-0.1, -0.05) is 70.5 Å². The zero-order chi connectivity index (χ0) is 34.4. The molecule has 0 saturated carbocycles. The summed E-state index contributed by atoms with van der Waals surface area (Å²) < 4.78 is 10.8. The Morgan fingerprint density at radius 1 is 0.760 bits per heavy atom. The van der Waals surface area contributed by atoms with E-state index in [1.165, 1.54) is 27.8 Å². The van der Waals surface area contributed by atoms with E-state index in [0.29, 0.717) is 11.5 Å². The van der Waals surface area contributed by atoms with E-state index in [0.717, 1.165) is 75.1 Å². The standard InChI is InChI=1S/C44H44N4O.Pd/c1-9-31-21-32(10-2)44(33(11-3)22-31)43-29(7)46-48(30(43)8)35-23-34(27(4)5)24-37(25-35)49-36-16-17-39-38-14-12-13-15-40(38)47(41(39)26-36)42-20-28(6)18-19-45-42;/h12-24,27H,9-11H2,1-8H3;/q-2;+2. The summed E-state index contributed by atoms with van der Waals surface area (Å²) in [5, 5.41) is 7.39. The summed E-state index contributed by atoms with van der Waals surface area (Å²) in [4.78, 5) is 4.73. The fourth-order valence-electron chi connectivity index (χ4n) is 7.15. The Morgan fingerprint density at radius 2 is 1.50 bits per heavy atom. The predicted octanol–water partition coefficient (Wildman–Crippen LogP) is 11.2. The van der Waals surface area contributed by atoms with Crippen molar-refractivity contribution in [3.05, 3.63) is 130 Å². The number of ether oxygens (including phenoxy) is 1. The van der Waals surface area contributed by atoms with Crippen LogP contribution in [-0.4, -0.2) is 19.3 Å². The first kappa shape index (κ1) is 35.3. The van der Waals surface area contributed by atoms with Crippen molar-refractivity contribution in [2.75, 3.05) is 0 Å². The SMILES string of the molecule is CCc1cc(CC)c(-c2c(C)nn(-c3[c-]c(Oc4[c-]c5c(cc4)c4ccccc4n5-c4cc(C)ccn4)cc(C(C)C)c3)c2C)c(CC)c1.[Pd+2]. The molecule has 0 amide bonds. The largest absolute Gasteiger partial charge is 2.00 e. The smallest absolute Gasteiger partial charge is 0.509 e. The molecule has 0 spiro atoms. The maximum atomic E-state index is 6.62. The summed E-state index contributed by atoms with van der Waals surface area (Å²) in [6, 6.07) is 32.9. The van der Waals surface area contributed by atoms with Crippen molar-refractivity contribution in [3.63, 3.8) is 0 Å². The average Bonchev–Trinajstić information content (AvgIpc) is 3.59. The van der Waals surface area contributed by atoms with Crippen LogP contribution < -0.4 is 4.74 Å². The van der Waals surface area contributed by atoms with Gasteiger partial charge in [0.2, 0.25) is 0 Å². The zero-order valence-electron chi connectivity index (χ0n) is 30.2. The average molecular weight is 751 g/mol. The second kappa shape index (κ2) is 14.4. The van der Waals surface area contributed by atoms with Crippen LogP contribution in [0.15, 0.2) is 79.0 Å². The number of nitrogens with zero attached hydrogens (tertiary/aromatic N) is 4. The molecule has 0 aliphatic heterocycles. The minimum absolute atomic E-state index is 0. The van der Waals surface area contributed by atoms with Gasteiger partial charge in [0, 0.05) is 34.5 Å². The first-order valence-electron chi connectivity index (χ1n) is 17.6. The summed E-state index contributed by atoms with van der Waals surface area (Å²) >= 11 is 0. The number of fused-ring (bicyclic) bond motifs is 3. The molecule has 7 aromatic rings. The molecule has 0 N–H and O–H groups in total. The minimum Gasteiger partial charge on any atom is -0.509 e. The molecule has 3 aromatic heterocycles. The molecule has 0 radical (unpaired) electrons. The van der Waals surface area contributed by atoms with E-state index in [9.17, 15) is 0 Å². The van der Waals surface area contributed by atoms with Crippen LogP contribution >= 0.6 is 0 Å². The molecule has 256 valence electrons. The Bertz CT molecular complexity index is 2320. The molecule has 0 bridgehead atoms. The fraction of sp³-hybridized carbons (Fsp3) is 0.273. The number of para-hydroxylation sites is 1. The van der Waals surface area contributed by atoms with Crippen LogP contribution in [0, 0.1) is 32.9 Å². The van der Waals surface area contributed by atoms with Crippen LogP contribution in [0.1, 0.15) is 79.7 Å². The molecule has 0 atom stereocenters. The Hall–Kier alpha value is -4.50. The normalized spacial score (nSPS) is 11.5. The number of pyridine rings is 1. The van der Waals surface area contributed by atoms with Gasteiger partial charge in [-0.15, -0.1) is 41.3 Å². The van der Waals surface area contributed by atoms with Crippen LogP contribution in [0.5, 0.6) is 11.5 Å². The maximum absolute atomic E-state index is 6.62. The molecule has 3 heterocycles. The molecule has 0 fully saturated rings. The molecule has 4 aromatic carbocycles. The van der Waals surface area contributed by atoms with Gasteiger partial charge < -0.3 is 9.30 Å². The van der Waals surface area contributed by atoms with Crippen molar-refractivity contribution >= 4 is 21.8 Å². The van der Waals surface area contributed by atoms with Crippen molar-refractivity contribution < 1.29 is 25.2 Å². The molecule has 0 aliphatic carbocycles. The van der Waals surface area contributed by atoms with Gasteiger partial charge in [-0.3, -0.25) is 4.68 Å². The molecule has 50 heavy (non-hydrogen) atoms. The number of hydrogen-bond acceptors (Lipinski definition) is 3. The second-order valence-electron chi connectivity index (χ2n) is 13.4. The van der Waals surface area contributed by atoms with Gasteiger partial charge >= 0.3 is 20.4 Å². The van der Waals surface area contributed by atoms with E-state index in [2.05, 4.69) is 133 Å². The molecule has 5 nitrogen and oxygen atoms in total. The number of aromatic nitrogens is 4. The summed E-state index contributed by atoms with van der Waals surface area (Å²) in [6.07, 6.45) is 4.85. The van der Waals surface area contributed by atoms with Gasteiger partial charge in [0.25, 0.3) is 0 Å². The minimum atomic E-state index is 0. The molecule has 7 rings (SSSR count). The number of rotatable bonds is 9. The van der Waals surface area contributed by atoms with Gasteiger partial charge in [0.15, 0.2) is 0 Å². The topological polar surface area (TPSA) is 44.9 Å². The molecular formula is C44H44N4OPd. The van der Waals surface area contributed by atoms with Crippen LogP contribution in [0.4, 0.5) is 0 Å². The Morgan fingerprint density at radius 3 is 2.18 bits per heavy atom. The van der Waals surface area contributed by atoms with Gasteiger partial charge in [-0.05, 0) is 103 Å². The Balaban J connectivity index is 0.00000432. The van der Waals surface area contributed by atoms with E-state index < -0.39 is 0 Å². The Kier molecular flexibility index (Phi) is 10.2. The van der Waals surface area contributed by atoms with E-state index in [-0.39, 0.29) is 26.3 Å². The van der Waals surface area contributed by atoms with E-state index in [4.69, 9.17) is 14.8 Å². The van der Waals surface area contributed by atoms with Crippen LogP contribution in [0.3, 0.4) is 0 Å². The summed E-state index contributed by atoms with van der Waals surface area (Å²) in [6.45, 7) is 17.5. The third kappa shape index (κ3) is 6.32. The van der Waals surface area contributed by atoms with E-state index >= 15 is 0 Å². The molecule has 0 unspecified atom stereocenters. The first-order valence-corrected chi connectivity index (χ1v) is 17.6. The van der Waals surface area contributed by atoms with Gasteiger partial charge in [0.1, 0.15) is 5.82 Å². The number of hydrogen-bond donors (Lipinski definition) is 0. The van der Waals surface area contributed by atoms with Crippen molar-refractivity contribution in [2.45, 2.75) is 80.6 Å². The van der Waals surface area contributed by atoms with Crippen molar-refractivity contribution in [1.29, 1.82) is 0 Å². The summed E-state index contributed by atoms with van der Waals surface area (Å²) in [5.74, 6) is 2.40. The molecule has 6 heteroatoms. The number of aryl methyl sites for hydroxylation is 5.